The molecule has 7 heteroatoms. The van der Waals surface area contributed by atoms with Crippen molar-refractivity contribution >= 4 is 33.2 Å². The monoisotopic (exact) mass is 392 g/mol. The first-order valence-corrected chi connectivity index (χ1v) is 9.37. The molecule has 2 atom stereocenters. The van der Waals surface area contributed by atoms with E-state index in [4.69, 9.17) is 4.74 Å². The summed E-state index contributed by atoms with van der Waals surface area (Å²) in [5, 5.41) is 8.71. The van der Waals surface area contributed by atoms with Crippen LogP contribution < -0.4 is 10.6 Å². The van der Waals surface area contributed by atoms with E-state index in [0.29, 0.717) is 24.2 Å². The van der Waals surface area contributed by atoms with Crippen molar-refractivity contribution in [2.24, 2.45) is 0 Å². The molecule has 2 N–H and O–H groups in total. The highest BCUT2D eigenvalue weighted by atomic mass is 19.1. The smallest absolute Gasteiger partial charge is 0.125 e. The van der Waals surface area contributed by atoms with Crippen LogP contribution in [0.3, 0.4) is 0 Å². The molecule has 5 nitrogen and oxygen atoms in total. The minimum atomic E-state index is -0.313. The highest BCUT2D eigenvalue weighted by Gasteiger charge is 2.29. The number of anilines is 2. The molecule has 146 valence electrons. The lowest BCUT2D eigenvalue weighted by molar-refractivity contribution is 0.193. The summed E-state index contributed by atoms with van der Waals surface area (Å²) in [6.45, 7) is 1.06. The molecule has 0 radical (unpaired) electrons. The van der Waals surface area contributed by atoms with E-state index in [1.807, 2.05) is 12.1 Å². The van der Waals surface area contributed by atoms with E-state index in [9.17, 15) is 8.78 Å². The zero-order valence-electron chi connectivity index (χ0n) is 15.4. The van der Waals surface area contributed by atoms with Gasteiger partial charge in [0.15, 0.2) is 0 Å². The molecule has 5 rings (SSSR count). The molecule has 0 bridgehead atoms. The molecule has 2 unspecified atom stereocenters. The van der Waals surface area contributed by atoms with Gasteiger partial charge in [0.05, 0.1) is 36.3 Å². The van der Waals surface area contributed by atoms with Gasteiger partial charge >= 0.3 is 0 Å². The van der Waals surface area contributed by atoms with Gasteiger partial charge in [-0.1, -0.05) is 0 Å². The summed E-state index contributed by atoms with van der Waals surface area (Å²) in [6.07, 6.45) is 3.32. The lowest BCUT2D eigenvalue weighted by atomic mass is 10.1. The number of fused-ring (bicyclic) bond motifs is 2. The van der Waals surface area contributed by atoms with Gasteiger partial charge in [0.2, 0.25) is 0 Å². The number of rotatable bonds is 4. The third kappa shape index (κ3) is 3.45. The quantitative estimate of drug-likeness (QED) is 0.541. The molecule has 1 aliphatic rings. The number of halogens is 2. The number of benzene rings is 2. The first kappa shape index (κ1) is 17.8. The Bertz CT molecular complexity index is 1110. The Morgan fingerprint density at radius 1 is 0.724 bits per heavy atom. The van der Waals surface area contributed by atoms with Crippen LogP contribution in [0.1, 0.15) is 0 Å². The van der Waals surface area contributed by atoms with Crippen molar-refractivity contribution in [2.75, 3.05) is 23.8 Å². The summed E-state index contributed by atoms with van der Waals surface area (Å²) in [7, 11) is 0. The normalized spacial score (nSPS) is 19.0. The van der Waals surface area contributed by atoms with Gasteiger partial charge in [-0.25, -0.2) is 8.78 Å². The third-order valence-electron chi connectivity index (χ3n) is 5.17. The predicted octanol–water partition coefficient (Wildman–Crippen LogP) is 4.35. The maximum Gasteiger partial charge on any atom is 0.125 e. The van der Waals surface area contributed by atoms with Crippen molar-refractivity contribution in [3.05, 3.63) is 72.6 Å². The second kappa shape index (κ2) is 7.25. The zero-order valence-corrected chi connectivity index (χ0v) is 15.4. The van der Waals surface area contributed by atoms with Crippen LogP contribution in [-0.4, -0.2) is 35.3 Å². The van der Waals surface area contributed by atoms with E-state index in [-0.39, 0.29) is 23.7 Å². The summed E-state index contributed by atoms with van der Waals surface area (Å²) in [5.41, 5.74) is 2.94. The fourth-order valence-corrected chi connectivity index (χ4v) is 3.73. The Hall–Kier alpha value is -3.32. The maximum absolute atomic E-state index is 13.5. The molecule has 0 amide bonds. The van der Waals surface area contributed by atoms with E-state index in [0.717, 1.165) is 22.1 Å². The van der Waals surface area contributed by atoms with Gasteiger partial charge in [-0.15, -0.1) is 0 Å². The average molecular weight is 392 g/mol. The predicted molar refractivity (Wildman–Crippen MR) is 109 cm³/mol. The molecule has 4 aromatic rings. The van der Waals surface area contributed by atoms with Crippen LogP contribution in [-0.2, 0) is 4.74 Å². The number of nitrogens with zero attached hydrogens (tertiary/aromatic N) is 2. The summed E-state index contributed by atoms with van der Waals surface area (Å²) in [6, 6.07) is 12.9. The van der Waals surface area contributed by atoms with Gasteiger partial charge in [-0.3, -0.25) is 9.97 Å². The maximum atomic E-state index is 13.5. The standard InChI is InChI=1S/C22H18F2N4O/c23-13-1-3-15-17(5-7-25-19(15)9-13)27-21-11-29-12-22(21)28-18-6-8-26-20-10-14(24)2-4-16(18)20/h1-10,21-22H,11-12H2,(H,25,27)(H,26,28). The van der Waals surface area contributed by atoms with Crippen LogP contribution in [0.25, 0.3) is 21.8 Å². The summed E-state index contributed by atoms with van der Waals surface area (Å²) < 4.78 is 32.7. The highest BCUT2D eigenvalue weighted by Crippen LogP contribution is 2.27. The molecular formula is C22H18F2N4O. The van der Waals surface area contributed by atoms with Gasteiger partial charge in [0.1, 0.15) is 11.6 Å². The van der Waals surface area contributed by atoms with Crippen LogP contribution in [0.4, 0.5) is 20.2 Å². The lowest BCUT2D eigenvalue weighted by Crippen LogP contribution is -2.38. The van der Waals surface area contributed by atoms with Crippen LogP contribution in [0.5, 0.6) is 0 Å². The van der Waals surface area contributed by atoms with Crippen LogP contribution in [0, 0.1) is 11.6 Å². The van der Waals surface area contributed by atoms with E-state index in [1.54, 1.807) is 24.5 Å². The number of hydrogen-bond donors (Lipinski definition) is 2. The molecule has 0 aliphatic carbocycles. The van der Waals surface area contributed by atoms with E-state index >= 15 is 0 Å². The Morgan fingerprint density at radius 2 is 1.21 bits per heavy atom. The largest absolute Gasteiger partial charge is 0.377 e. The van der Waals surface area contributed by atoms with Gasteiger partial charge in [0, 0.05) is 46.7 Å². The Labute approximate surface area is 165 Å². The van der Waals surface area contributed by atoms with Crippen LogP contribution >= 0.6 is 0 Å². The van der Waals surface area contributed by atoms with Crippen molar-refractivity contribution in [1.29, 1.82) is 0 Å². The Kier molecular flexibility index (Phi) is 4.44. The van der Waals surface area contributed by atoms with Crippen LogP contribution in [0.2, 0.25) is 0 Å². The summed E-state index contributed by atoms with van der Waals surface area (Å²) in [5.74, 6) is -0.626. The molecular weight excluding hydrogens is 374 g/mol. The molecule has 1 saturated heterocycles. The minimum absolute atomic E-state index is 0.00526. The highest BCUT2D eigenvalue weighted by molar-refractivity contribution is 5.92. The number of nitrogens with one attached hydrogen (secondary N) is 2. The number of pyridine rings is 2. The fourth-order valence-electron chi connectivity index (χ4n) is 3.73. The van der Waals surface area contributed by atoms with Crippen molar-refractivity contribution in [1.82, 2.24) is 9.97 Å². The van der Waals surface area contributed by atoms with E-state index < -0.39 is 0 Å². The van der Waals surface area contributed by atoms with Crippen molar-refractivity contribution in [3.63, 3.8) is 0 Å². The van der Waals surface area contributed by atoms with Crippen molar-refractivity contribution < 1.29 is 13.5 Å². The fraction of sp³-hybridized carbons (Fsp3) is 0.182. The number of hydrogen-bond acceptors (Lipinski definition) is 5. The van der Waals surface area contributed by atoms with Gasteiger partial charge in [-0.05, 0) is 36.4 Å². The summed E-state index contributed by atoms with van der Waals surface area (Å²) in [4.78, 5) is 8.48. The van der Waals surface area contributed by atoms with Crippen LogP contribution in [0.15, 0.2) is 60.9 Å². The first-order chi connectivity index (χ1) is 14.2. The molecule has 3 heterocycles. The van der Waals surface area contributed by atoms with Gasteiger partial charge < -0.3 is 15.4 Å². The molecule has 29 heavy (non-hydrogen) atoms. The minimum Gasteiger partial charge on any atom is -0.377 e. The molecule has 2 aromatic heterocycles. The van der Waals surface area contributed by atoms with E-state index in [1.165, 1.54) is 24.3 Å². The second-order valence-electron chi connectivity index (χ2n) is 7.08. The van der Waals surface area contributed by atoms with Gasteiger partial charge in [-0.2, -0.15) is 0 Å². The molecule has 2 aromatic carbocycles. The Balaban J connectivity index is 1.42. The zero-order chi connectivity index (χ0) is 19.8. The topological polar surface area (TPSA) is 59.1 Å². The summed E-state index contributed by atoms with van der Waals surface area (Å²) >= 11 is 0. The molecule has 0 spiro atoms. The molecule has 1 fully saturated rings. The van der Waals surface area contributed by atoms with E-state index in [2.05, 4.69) is 20.6 Å². The lowest BCUT2D eigenvalue weighted by Gasteiger charge is -2.23. The second-order valence-corrected chi connectivity index (χ2v) is 7.08. The average Bonchev–Trinajstić information content (AvgIpc) is 3.14. The van der Waals surface area contributed by atoms with Gasteiger partial charge in [0.25, 0.3) is 0 Å². The van der Waals surface area contributed by atoms with Crippen molar-refractivity contribution in [3.8, 4) is 0 Å². The Morgan fingerprint density at radius 3 is 1.69 bits per heavy atom. The third-order valence-corrected chi connectivity index (χ3v) is 5.17. The first-order valence-electron chi connectivity index (χ1n) is 9.37. The number of ether oxygens (including phenoxy) is 1. The van der Waals surface area contributed by atoms with Crippen molar-refractivity contribution in [2.45, 2.75) is 12.1 Å². The molecule has 0 saturated carbocycles. The number of aromatic nitrogens is 2. The SMILES string of the molecule is Fc1ccc2c(NC3COCC3Nc3ccnc4cc(F)ccc34)ccnc2c1. The molecule has 1 aliphatic heterocycles.